The molecule has 4 heteroatoms. The van der Waals surface area contributed by atoms with Crippen LogP contribution in [0.25, 0.3) is 0 Å². The van der Waals surface area contributed by atoms with Crippen molar-refractivity contribution < 1.29 is 9.57 Å². The molecular weight excluding hydrogens is 318 g/mol. The first-order valence-electron chi connectivity index (χ1n) is 6.41. The first-order valence-corrected chi connectivity index (χ1v) is 7.53. The summed E-state index contributed by atoms with van der Waals surface area (Å²) >= 11 is 3.42. The number of rotatable bonds is 6. The van der Waals surface area contributed by atoms with Crippen LogP contribution in [0.1, 0.15) is 12.5 Å². The van der Waals surface area contributed by atoms with Crippen molar-refractivity contribution in [1.82, 2.24) is 0 Å². The molecule has 0 aliphatic heterocycles. The Kier molecular flexibility index (Phi) is 5.62. The molecule has 2 rings (SSSR count). The molecule has 0 unspecified atom stereocenters. The molecule has 0 bridgehead atoms. The maximum atomic E-state index is 5.81. The van der Waals surface area contributed by atoms with Crippen molar-refractivity contribution in [2.24, 2.45) is 5.16 Å². The van der Waals surface area contributed by atoms with Gasteiger partial charge in [0.2, 0.25) is 0 Å². The van der Waals surface area contributed by atoms with E-state index in [0.29, 0.717) is 11.9 Å². The number of alkyl halides is 1. The van der Waals surface area contributed by atoms with Gasteiger partial charge >= 0.3 is 0 Å². The van der Waals surface area contributed by atoms with Crippen LogP contribution in [0.2, 0.25) is 0 Å². The fourth-order valence-electron chi connectivity index (χ4n) is 1.66. The molecule has 0 heterocycles. The Bertz CT molecular complexity index is 570. The smallest absolute Gasteiger partial charge is 0.128 e. The lowest BCUT2D eigenvalue weighted by atomic mass is 10.1. The van der Waals surface area contributed by atoms with E-state index in [4.69, 9.17) is 9.57 Å². The minimum absolute atomic E-state index is 0.552. The summed E-state index contributed by atoms with van der Waals surface area (Å²) in [4.78, 5) is 5.12. The van der Waals surface area contributed by atoms with Crippen LogP contribution >= 0.6 is 15.9 Å². The molecule has 0 aliphatic rings. The molecule has 104 valence electrons. The van der Waals surface area contributed by atoms with Crippen molar-refractivity contribution in [2.45, 2.75) is 6.92 Å². The number of hydrogen-bond donors (Lipinski definition) is 0. The van der Waals surface area contributed by atoms with Gasteiger partial charge in [-0.05, 0) is 31.2 Å². The molecule has 0 spiro atoms. The summed E-state index contributed by atoms with van der Waals surface area (Å²) in [6, 6.07) is 17.5. The van der Waals surface area contributed by atoms with Crippen LogP contribution in [0.3, 0.4) is 0 Å². The van der Waals surface area contributed by atoms with Gasteiger partial charge in [0, 0.05) is 10.9 Å². The third-order valence-corrected chi connectivity index (χ3v) is 3.11. The van der Waals surface area contributed by atoms with Crippen LogP contribution in [0.15, 0.2) is 59.8 Å². The monoisotopic (exact) mass is 333 g/mol. The average molecular weight is 334 g/mol. The predicted molar refractivity (Wildman–Crippen MR) is 84.9 cm³/mol. The predicted octanol–water partition coefficient (Wildman–Crippen LogP) is 4.61. The second kappa shape index (κ2) is 7.70. The molecule has 0 aromatic heterocycles. The molecule has 0 fully saturated rings. The maximum Gasteiger partial charge on any atom is 0.128 e. The highest BCUT2D eigenvalue weighted by atomic mass is 79.9. The van der Waals surface area contributed by atoms with Gasteiger partial charge in [-0.1, -0.05) is 51.4 Å². The van der Waals surface area contributed by atoms with E-state index in [9.17, 15) is 0 Å². The van der Waals surface area contributed by atoms with E-state index < -0.39 is 0 Å². The highest BCUT2D eigenvalue weighted by Crippen LogP contribution is 2.22. The van der Waals surface area contributed by atoms with Crippen molar-refractivity contribution in [3.63, 3.8) is 0 Å². The lowest BCUT2D eigenvalue weighted by molar-refractivity contribution is 0.159. The average Bonchev–Trinajstić information content (AvgIpc) is 2.49. The van der Waals surface area contributed by atoms with Gasteiger partial charge in [-0.3, -0.25) is 0 Å². The Hall–Kier alpha value is -1.81. The maximum absolute atomic E-state index is 5.81. The first-order chi connectivity index (χ1) is 9.83. The highest BCUT2D eigenvalue weighted by Gasteiger charge is 2.05. The summed E-state index contributed by atoms with van der Waals surface area (Å²) in [6.45, 7) is 2.46. The van der Waals surface area contributed by atoms with Gasteiger partial charge < -0.3 is 9.57 Å². The minimum Gasteiger partial charge on any atom is -0.457 e. The number of nitrogens with zero attached hydrogens (tertiary/aromatic N) is 1. The van der Waals surface area contributed by atoms with E-state index in [1.54, 1.807) is 0 Å². The zero-order chi connectivity index (χ0) is 14.2. The Morgan fingerprint density at radius 2 is 1.80 bits per heavy atom. The summed E-state index contributed by atoms with van der Waals surface area (Å²) in [7, 11) is 0. The standard InChI is InChI=1S/C16H16BrNO2/c1-2-19-18-16(12-17)13-7-6-10-15(11-13)20-14-8-4-3-5-9-14/h3-11H,2,12H2,1H3. The van der Waals surface area contributed by atoms with Crippen LogP contribution < -0.4 is 4.74 Å². The van der Waals surface area contributed by atoms with Crippen molar-refractivity contribution in [1.29, 1.82) is 0 Å². The van der Waals surface area contributed by atoms with Gasteiger partial charge in [0.15, 0.2) is 0 Å². The van der Waals surface area contributed by atoms with E-state index in [1.807, 2.05) is 61.5 Å². The van der Waals surface area contributed by atoms with E-state index in [0.717, 1.165) is 22.8 Å². The number of oxime groups is 1. The van der Waals surface area contributed by atoms with E-state index in [-0.39, 0.29) is 0 Å². The number of benzene rings is 2. The normalized spacial score (nSPS) is 11.2. The molecule has 0 atom stereocenters. The molecular formula is C16H16BrNO2. The van der Waals surface area contributed by atoms with Crippen LogP contribution in [-0.4, -0.2) is 17.6 Å². The minimum atomic E-state index is 0.552. The lowest BCUT2D eigenvalue weighted by Gasteiger charge is -2.08. The number of hydrogen-bond acceptors (Lipinski definition) is 3. The fraction of sp³-hybridized carbons (Fsp3) is 0.188. The largest absolute Gasteiger partial charge is 0.457 e. The molecule has 3 nitrogen and oxygen atoms in total. The second-order valence-electron chi connectivity index (χ2n) is 4.03. The summed E-state index contributed by atoms with van der Waals surface area (Å²) in [5.41, 5.74) is 1.81. The van der Waals surface area contributed by atoms with Crippen LogP contribution in [0.4, 0.5) is 0 Å². The molecule has 20 heavy (non-hydrogen) atoms. The summed E-state index contributed by atoms with van der Waals surface area (Å²) in [5, 5.41) is 4.72. The van der Waals surface area contributed by atoms with Crippen molar-refractivity contribution in [2.75, 3.05) is 11.9 Å². The molecule has 2 aromatic carbocycles. The fourth-order valence-corrected chi connectivity index (χ4v) is 2.09. The molecule has 0 amide bonds. The Morgan fingerprint density at radius 1 is 1.05 bits per heavy atom. The van der Waals surface area contributed by atoms with Gasteiger partial charge in [0.1, 0.15) is 18.1 Å². The molecule has 0 saturated heterocycles. The van der Waals surface area contributed by atoms with Gasteiger partial charge in [0.25, 0.3) is 0 Å². The Labute approximate surface area is 127 Å². The van der Waals surface area contributed by atoms with E-state index >= 15 is 0 Å². The van der Waals surface area contributed by atoms with Gasteiger partial charge in [-0.25, -0.2) is 0 Å². The second-order valence-corrected chi connectivity index (χ2v) is 4.59. The quantitative estimate of drug-likeness (QED) is 0.439. The third kappa shape index (κ3) is 4.10. The number of para-hydroxylation sites is 1. The third-order valence-electron chi connectivity index (χ3n) is 2.58. The van der Waals surface area contributed by atoms with Gasteiger partial charge in [0.05, 0.1) is 5.71 Å². The first kappa shape index (κ1) is 14.6. The molecule has 0 N–H and O–H groups in total. The summed E-state index contributed by atoms with van der Waals surface area (Å²) < 4.78 is 5.81. The van der Waals surface area contributed by atoms with Gasteiger partial charge in [-0.2, -0.15) is 0 Å². The van der Waals surface area contributed by atoms with Gasteiger partial charge in [-0.15, -0.1) is 0 Å². The van der Waals surface area contributed by atoms with Crippen LogP contribution in [0, 0.1) is 0 Å². The lowest BCUT2D eigenvalue weighted by Crippen LogP contribution is -2.03. The molecule has 0 saturated carbocycles. The SMILES string of the molecule is CCON=C(CBr)c1cccc(Oc2ccccc2)c1. The number of halogens is 1. The summed E-state index contributed by atoms with van der Waals surface area (Å²) in [5.74, 6) is 1.59. The highest BCUT2D eigenvalue weighted by molar-refractivity contribution is 9.09. The zero-order valence-electron chi connectivity index (χ0n) is 11.3. The van der Waals surface area contributed by atoms with E-state index in [1.165, 1.54) is 0 Å². The molecule has 2 aromatic rings. The topological polar surface area (TPSA) is 30.8 Å². The molecule has 0 radical (unpaired) electrons. The van der Waals surface area contributed by atoms with Crippen LogP contribution in [-0.2, 0) is 4.84 Å². The van der Waals surface area contributed by atoms with Crippen molar-refractivity contribution in [3.05, 3.63) is 60.2 Å². The Balaban J connectivity index is 2.19. The van der Waals surface area contributed by atoms with E-state index in [2.05, 4.69) is 21.1 Å². The Morgan fingerprint density at radius 3 is 2.50 bits per heavy atom. The summed E-state index contributed by atoms with van der Waals surface area (Å²) in [6.07, 6.45) is 0. The molecule has 0 aliphatic carbocycles. The van der Waals surface area contributed by atoms with Crippen molar-refractivity contribution >= 4 is 21.6 Å². The van der Waals surface area contributed by atoms with Crippen LogP contribution in [0.5, 0.6) is 11.5 Å². The number of ether oxygens (including phenoxy) is 1. The zero-order valence-corrected chi connectivity index (χ0v) is 12.8. The van der Waals surface area contributed by atoms with Crippen molar-refractivity contribution in [3.8, 4) is 11.5 Å².